The number of halogens is 4. The fourth-order valence-electron chi connectivity index (χ4n) is 3.63. The number of rotatable bonds is 5. The van der Waals surface area contributed by atoms with Gasteiger partial charge < -0.3 is 0 Å². The van der Waals surface area contributed by atoms with Gasteiger partial charge in [-0.15, -0.1) is 0 Å². The van der Waals surface area contributed by atoms with Gasteiger partial charge in [-0.3, -0.25) is 18.5 Å². The molecule has 0 aliphatic rings. The van der Waals surface area contributed by atoms with Gasteiger partial charge in [0.2, 0.25) is 5.62 Å². The fraction of sp³-hybridized carbons (Fsp3) is 0.182. The van der Waals surface area contributed by atoms with Crippen LogP contribution in [0.1, 0.15) is 11.4 Å². The molecule has 0 saturated carbocycles. The highest BCUT2D eigenvalue weighted by molar-refractivity contribution is 6.33. The summed E-state index contributed by atoms with van der Waals surface area (Å²) in [6.45, 7) is -0.507. The molecule has 0 N–H and O–H groups in total. The lowest BCUT2D eigenvalue weighted by Gasteiger charge is -2.11. The van der Waals surface area contributed by atoms with Crippen LogP contribution in [0.25, 0.3) is 10.9 Å². The van der Waals surface area contributed by atoms with Gasteiger partial charge in [0.1, 0.15) is 18.5 Å². The summed E-state index contributed by atoms with van der Waals surface area (Å²) < 4.78 is 47.1. The molecule has 5 aromatic rings. The fourth-order valence-corrected chi connectivity index (χ4v) is 3.83. The Hall–Kier alpha value is -4.26. The van der Waals surface area contributed by atoms with E-state index in [2.05, 4.69) is 25.2 Å². The standard InChI is InChI=1S/C22H17ClF3N9O/c1-32-7-13-4-19(14(23)5-18(13)30-32)29-21-28-11-34(9-20-27-10-33(2)31-20)22(36)35(21)8-12-3-16(25)17(26)6-15(12)24/h3-7,10-11H,8-9H2,1-2H3/b29-21+. The van der Waals surface area contributed by atoms with Crippen molar-refractivity contribution >= 4 is 28.2 Å². The van der Waals surface area contributed by atoms with Gasteiger partial charge in [-0.05, 0) is 18.2 Å². The largest absolute Gasteiger partial charge is 0.332 e. The Balaban J connectivity index is 1.68. The first-order valence-electron chi connectivity index (χ1n) is 10.5. The molecule has 14 heteroatoms. The van der Waals surface area contributed by atoms with Crippen LogP contribution in [0.4, 0.5) is 18.9 Å². The van der Waals surface area contributed by atoms with Crippen molar-refractivity contribution in [2.75, 3.05) is 0 Å². The number of fused-ring (bicyclic) bond motifs is 1. The van der Waals surface area contributed by atoms with Crippen molar-refractivity contribution in [1.82, 2.24) is 38.7 Å². The SMILES string of the molecule is Cn1cnc(Cn2cn/c(=N\c3cc4cn(C)nc4cc3Cl)n(Cc3cc(F)c(F)cc3F)c2=O)n1. The van der Waals surface area contributed by atoms with Crippen LogP contribution >= 0.6 is 11.6 Å². The van der Waals surface area contributed by atoms with Crippen molar-refractivity contribution in [1.29, 1.82) is 0 Å². The maximum absolute atomic E-state index is 14.5. The van der Waals surface area contributed by atoms with Crippen LogP contribution < -0.4 is 11.3 Å². The van der Waals surface area contributed by atoms with E-state index < -0.39 is 29.7 Å². The Morgan fingerprint density at radius 3 is 2.44 bits per heavy atom. The minimum Gasteiger partial charge on any atom is -0.276 e. The van der Waals surface area contributed by atoms with Crippen LogP contribution in [0, 0.1) is 17.5 Å². The molecule has 36 heavy (non-hydrogen) atoms. The first-order chi connectivity index (χ1) is 17.2. The summed E-state index contributed by atoms with van der Waals surface area (Å²) in [5.41, 5.74) is -0.118. The molecule has 0 saturated heterocycles. The zero-order valence-electron chi connectivity index (χ0n) is 18.9. The van der Waals surface area contributed by atoms with Gasteiger partial charge in [0.25, 0.3) is 0 Å². The third-order valence-corrected chi connectivity index (χ3v) is 5.62. The lowest BCUT2D eigenvalue weighted by atomic mass is 10.2. The molecule has 0 radical (unpaired) electrons. The van der Waals surface area contributed by atoms with Crippen molar-refractivity contribution in [2.45, 2.75) is 13.1 Å². The van der Waals surface area contributed by atoms with Gasteiger partial charge in [-0.2, -0.15) is 10.2 Å². The van der Waals surface area contributed by atoms with E-state index in [1.54, 1.807) is 37.1 Å². The first kappa shape index (κ1) is 23.5. The number of aromatic nitrogens is 8. The molecule has 0 atom stereocenters. The molecule has 0 aliphatic heterocycles. The smallest absolute Gasteiger partial charge is 0.276 e. The molecule has 0 fully saturated rings. The zero-order valence-corrected chi connectivity index (χ0v) is 19.7. The van der Waals surface area contributed by atoms with E-state index in [1.165, 1.54) is 21.9 Å². The van der Waals surface area contributed by atoms with Crippen LogP contribution in [0.2, 0.25) is 5.02 Å². The lowest BCUT2D eigenvalue weighted by Crippen LogP contribution is -2.42. The summed E-state index contributed by atoms with van der Waals surface area (Å²) in [4.78, 5) is 26.2. The van der Waals surface area contributed by atoms with E-state index in [1.807, 2.05) is 0 Å². The third kappa shape index (κ3) is 4.52. The molecular formula is C22H17ClF3N9O. The molecule has 184 valence electrons. The van der Waals surface area contributed by atoms with Gasteiger partial charge in [0.05, 0.1) is 29.3 Å². The van der Waals surface area contributed by atoms with Crippen molar-refractivity contribution in [3.8, 4) is 0 Å². The van der Waals surface area contributed by atoms with Crippen molar-refractivity contribution < 1.29 is 13.2 Å². The van der Waals surface area contributed by atoms with Gasteiger partial charge >= 0.3 is 5.69 Å². The van der Waals surface area contributed by atoms with E-state index >= 15 is 0 Å². The summed E-state index contributed by atoms with van der Waals surface area (Å²) in [5.74, 6) is -3.28. The Morgan fingerprint density at radius 2 is 1.69 bits per heavy atom. The average Bonchev–Trinajstić information content (AvgIpc) is 3.39. The monoisotopic (exact) mass is 515 g/mol. The van der Waals surface area contributed by atoms with Crippen LogP contribution in [-0.2, 0) is 27.2 Å². The van der Waals surface area contributed by atoms with E-state index in [-0.39, 0.29) is 28.4 Å². The number of hydrogen-bond donors (Lipinski definition) is 0. The highest BCUT2D eigenvalue weighted by Crippen LogP contribution is 2.29. The molecule has 0 aliphatic carbocycles. The third-order valence-electron chi connectivity index (χ3n) is 5.32. The van der Waals surface area contributed by atoms with E-state index in [9.17, 15) is 18.0 Å². The minimum absolute atomic E-state index is 0.0321. The molecule has 0 unspecified atom stereocenters. The molecule has 3 heterocycles. The highest BCUT2D eigenvalue weighted by Gasteiger charge is 2.15. The predicted octanol–water partition coefficient (Wildman–Crippen LogP) is 2.46. The summed E-state index contributed by atoms with van der Waals surface area (Å²) in [6, 6.07) is 4.39. The molecule has 2 aromatic carbocycles. The Bertz CT molecular complexity index is 1750. The second-order valence-electron chi connectivity index (χ2n) is 8.01. The molecule has 10 nitrogen and oxygen atoms in total. The molecule has 3 aromatic heterocycles. The molecule has 5 rings (SSSR count). The summed E-state index contributed by atoms with van der Waals surface area (Å²) in [6.07, 6.45) is 4.48. The Morgan fingerprint density at radius 1 is 0.917 bits per heavy atom. The summed E-state index contributed by atoms with van der Waals surface area (Å²) in [5, 5.41) is 9.41. The summed E-state index contributed by atoms with van der Waals surface area (Å²) >= 11 is 6.39. The quantitative estimate of drug-likeness (QED) is 0.335. The maximum atomic E-state index is 14.5. The predicted molar refractivity (Wildman–Crippen MR) is 123 cm³/mol. The number of nitrogens with zero attached hydrogens (tertiary/aromatic N) is 9. The highest BCUT2D eigenvalue weighted by atomic mass is 35.5. The molecule has 0 amide bonds. The van der Waals surface area contributed by atoms with E-state index in [4.69, 9.17) is 11.6 Å². The molecular weight excluding hydrogens is 499 g/mol. The second-order valence-corrected chi connectivity index (χ2v) is 8.42. The van der Waals surface area contributed by atoms with E-state index in [0.29, 0.717) is 23.5 Å². The van der Waals surface area contributed by atoms with Gasteiger partial charge in [-0.25, -0.2) is 32.9 Å². The van der Waals surface area contributed by atoms with E-state index in [0.717, 1.165) is 9.95 Å². The van der Waals surface area contributed by atoms with Gasteiger partial charge in [-0.1, -0.05) is 11.6 Å². The van der Waals surface area contributed by atoms with Crippen LogP contribution in [0.5, 0.6) is 0 Å². The van der Waals surface area contributed by atoms with Crippen LogP contribution in [0.3, 0.4) is 0 Å². The first-order valence-corrected chi connectivity index (χ1v) is 10.9. The molecule has 0 bridgehead atoms. The Labute approximate surface area is 205 Å². The van der Waals surface area contributed by atoms with Crippen LogP contribution in [0.15, 0.2) is 52.9 Å². The lowest BCUT2D eigenvalue weighted by molar-refractivity contribution is 0.483. The summed E-state index contributed by atoms with van der Waals surface area (Å²) in [7, 11) is 3.43. The Kier molecular flexibility index (Phi) is 5.92. The van der Waals surface area contributed by atoms with Gasteiger partial charge in [0.15, 0.2) is 17.5 Å². The van der Waals surface area contributed by atoms with Gasteiger partial charge in [0, 0.05) is 37.3 Å². The maximum Gasteiger partial charge on any atom is 0.332 e. The van der Waals surface area contributed by atoms with Crippen molar-refractivity contribution in [2.24, 2.45) is 19.1 Å². The second kappa shape index (κ2) is 9.07. The number of hydrogen-bond acceptors (Lipinski definition) is 6. The van der Waals surface area contributed by atoms with Crippen molar-refractivity contribution in [3.05, 3.63) is 93.1 Å². The van der Waals surface area contributed by atoms with Crippen molar-refractivity contribution in [3.63, 3.8) is 0 Å². The van der Waals surface area contributed by atoms with Crippen LogP contribution in [-0.4, -0.2) is 38.7 Å². The number of aryl methyl sites for hydroxylation is 2. The zero-order chi connectivity index (χ0) is 25.6. The normalized spacial score (nSPS) is 12.1. The number of benzene rings is 2. The average molecular weight is 516 g/mol. The minimum atomic E-state index is -1.34. The molecule has 0 spiro atoms. The topological polar surface area (TPSA) is 101 Å².